The Kier molecular flexibility index (Phi) is 2.54. The number of halogens is 3. The number of alkyl halides is 3. The van der Waals surface area contributed by atoms with Crippen LogP contribution in [0.25, 0.3) is 0 Å². The zero-order valence-corrected chi connectivity index (χ0v) is 6.30. The predicted molar refractivity (Wildman–Crippen MR) is 36.8 cm³/mol. The van der Waals surface area contributed by atoms with Gasteiger partial charge in [0.25, 0.3) is 5.88 Å². The van der Waals surface area contributed by atoms with Crippen LogP contribution in [0.1, 0.15) is 0 Å². The fraction of sp³-hybridized carbons (Fsp3) is 0.333. The van der Waals surface area contributed by atoms with Crippen LogP contribution >= 0.6 is 0 Å². The van der Waals surface area contributed by atoms with Gasteiger partial charge in [0.15, 0.2) is 12.4 Å². The summed E-state index contributed by atoms with van der Waals surface area (Å²) >= 11 is 0. The molecule has 2 N–H and O–H groups in total. The Hall–Kier alpha value is -1.53. The lowest BCUT2D eigenvalue weighted by Gasteiger charge is -2.08. The quantitative estimate of drug-likeness (QED) is 0.752. The van der Waals surface area contributed by atoms with Gasteiger partial charge in [0.1, 0.15) is 6.20 Å². The smallest absolute Gasteiger partial charge is 0.422 e. The first kappa shape index (κ1) is 9.56. The minimum atomic E-state index is -4.41. The van der Waals surface area contributed by atoms with E-state index in [9.17, 15) is 13.2 Å². The number of rotatable bonds is 2. The van der Waals surface area contributed by atoms with Gasteiger partial charge in [0, 0.05) is 0 Å². The summed E-state index contributed by atoms with van der Waals surface area (Å²) in [5.74, 6) is -0.553. The number of aromatic nitrogens is 2. The number of nitrogens with zero attached hydrogens (tertiary/aromatic N) is 2. The Morgan fingerprint density at radius 3 is 2.77 bits per heavy atom. The molecule has 1 rings (SSSR count). The predicted octanol–water partition coefficient (Wildman–Crippen LogP) is 0.800. The molecular formula is C6H5F3N3O. The maximum Gasteiger partial charge on any atom is 0.422 e. The van der Waals surface area contributed by atoms with Crippen molar-refractivity contribution in [3.63, 3.8) is 0 Å². The van der Waals surface area contributed by atoms with E-state index < -0.39 is 12.8 Å². The van der Waals surface area contributed by atoms with Crippen LogP contribution in [0.3, 0.4) is 0 Å². The van der Waals surface area contributed by atoms with Crippen molar-refractivity contribution < 1.29 is 17.9 Å². The van der Waals surface area contributed by atoms with E-state index >= 15 is 0 Å². The molecule has 0 saturated heterocycles. The van der Waals surface area contributed by atoms with Gasteiger partial charge in [-0.05, 0) is 0 Å². The van der Waals surface area contributed by atoms with Crippen LogP contribution in [0.2, 0.25) is 0 Å². The van der Waals surface area contributed by atoms with Crippen LogP contribution in [-0.4, -0.2) is 22.8 Å². The second-order valence-corrected chi connectivity index (χ2v) is 2.09. The van der Waals surface area contributed by atoms with Crippen molar-refractivity contribution >= 4 is 5.82 Å². The van der Waals surface area contributed by atoms with Crippen LogP contribution in [0, 0.1) is 6.20 Å². The Balaban J connectivity index is 2.60. The molecule has 0 amide bonds. The highest BCUT2D eigenvalue weighted by Gasteiger charge is 2.29. The Labute approximate surface area is 71.6 Å². The Morgan fingerprint density at radius 1 is 1.54 bits per heavy atom. The minimum Gasteiger partial charge on any atom is -0.465 e. The second kappa shape index (κ2) is 3.46. The van der Waals surface area contributed by atoms with Gasteiger partial charge < -0.3 is 10.5 Å². The van der Waals surface area contributed by atoms with Crippen molar-refractivity contribution in [2.75, 3.05) is 12.3 Å². The molecule has 0 fully saturated rings. The molecule has 0 unspecified atom stereocenters. The molecule has 0 aromatic carbocycles. The van der Waals surface area contributed by atoms with E-state index in [4.69, 9.17) is 5.73 Å². The molecule has 4 nitrogen and oxygen atoms in total. The van der Waals surface area contributed by atoms with Crippen LogP contribution in [-0.2, 0) is 0 Å². The highest BCUT2D eigenvalue weighted by molar-refractivity contribution is 5.38. The van der Waals surface area contributed by atoms with Crippen LogP contribution in [0.15, 0.2) is 6.20 Å². The summed E-state index contributed by atoms with van der Waals surface area (Å²) < 4.78 is 39.2. The molecule has 0 bridgehead atoms. The van der Waals surface area contributed by atoms with Gasteiger partial charge in [0.05, 0.1) is 6.20 Å². The summed E-state index contributed by atoms with van der Waals surface area (Å²) in [4.78, 5) is 6.79. The minimum absolute atomic E-state index is 0.192. The lowest BCUT2D eigenvalue weighted by atomic mass is 10.6. The molecule has 71 valence electrons. The normalized spacial score (nSPS) is 11.3. The van der Waals surface area contributed by atoms with Crippen molar-refractivity contribution in [2.24, 2.45) is 0 Å². The molecule has 1 heterocycles. The molecule has 1 aromatic heterocycles. The highest BCUT2D eigenvalue weighted by atomic mass is 19.4. The topological polar surface area (TPSA) is 61.0 Å². The summed E-state index contributed by atoms with van der Waals surface area (Å²) in [6, 6.07) is 0. The standard InChI is InChI=1S/C6H5F3N3O/c7-6(8,9)3-13-5-4(10)11-1-2-12-5/h1H,3H2,(H2,10,11). The molecule has 0 atom stereocenters. The number of hydrogen-bond acceptors (Lipinski definition) is 4. The van der Waals surface area contributed by atoms with Gasteiger partial charge in [-0.2, -0.15) is 13.2 Å². The average molecular weight is 192 g/mol. The summed E-state index contributed by atoms with van der Waals surface area (Å²) in [6.45, 7) is -1.44. The highest BCUT2D eigenvalue weighted by Crippen LogP contribution is 2.19. The summed E-state index contributed by atoms with van der Waals surface area (Å²) in [6.07, 6.45) is -1.07. The number of nitrogens with two attached hydrogens (primary N) is 1. The third-order valence-electron chi connectivity index (χ3n) is 1.02. The van der Waals surface area contributed by atoms with E-state index in [2.05, 4.69) is 20.9 Å². The average Bonchev–Trinajstić information content (AvgIpc) is 2.01. The summed E-state index contributed by atoms with van der Waals surface area (Å²) in [7, 11) is 0. The zero-order valence-electron chi connectivity index (χ0n) is 6.30. The number of anilines is 1. The van der Waals surface area contributed by atoms with Crippen molar-refractivity contribution in [3.8, 4) is 5.88 Å². The Morgan fingerprint density at radius 2 is 2.23 bits per heavy atom. The van der Waals surface area contributed by atoms with Crippen LogP contribution in [0.5, 0.6) is 5.88 Å². The molecule has 0 aliphatic carbocycles. The summed E-state index contributed by atoms with van der Waals surface area (Å²) in [5, 5.41) is 0. The number of ether oxygens (including phenoxy) is 1. The fourth-order valence-corrected chi connectivity index (χ4v) is 0.555. The largest absolute Gasteiger partial charge is 0.465 e. The third-order valence-corrected chi connectivity index (χ3v) is 1.02. The van der Waals surface area contributed by atoms with E-state index in [1.807, 2.05) is 0 Å². The molecule has 1 radical (unpaired) electrons. The molecule has 0 aliphatic rings. The van der Waals surface area contributed by atoms with Gasteiger partial charge in [-0.1, -0.05) is 0 Å². The van der Waals surface area contributed by atoms with Crippen LogP contribution in [0.4, 0.5) is 19.0 Å². The second-order valence-electron chi connectivity index (χ2n) is 2.09. The van der Waals surface area contributed by atoms with Gasteiger partial charge in [-0.25, -0.2) is 9.97 Å². The van der Waals surface area contributed by atoms with E-state index in [0.29, 0.717) is 0 Å². The number of nitrogen functional groups attached to an aromatic ring is 1. The van der Waals surface area contributed by atoms with E-state index in [1.54, 1.807) is 0 Å². The van der Waals surface area contributed by atoms with Crippen molar-refractivity contribution in [2.45, 2.75) is 6.18 Å². The molecule has 0 saturated carbocycles. The van der Waals surface area contributed by atoms with E-state index in [0.717, 1.165) is 6.20 Å². The van der Waals surface area contributed by atoms with Crippen molar-refractivity contribution in [1.82, 2.24) is 9.97 Å². The fourth-order valence-electron chi connectivity index (χ4n) is 0.555. The molecule has 7 heteroatoms. The van der Waals surface area contributed by atoms with Gasteiger partial charge in [-0.15, -0.1) is 0 Å². The molecule has 0 aliphatic heterocycles. The first-order valence-electron chi connectivity index (χ1n) is 3.17. The Bertz CT molecular complexity index is 289. The first-order chi connectivity index (χ1) is 5.99. The van der Waals surface area contributed by atoms with Gasteiger partial charge in [-0.3, -0.25) is 0 Å². The number of hydrogen-bond donors (Lipinski definition) is 1. The zero-order chi connectivity index (χ0) is 9.90. The SMILES string of the molecule is Nc1nc[c]nc1OCC(F)(F)F. The van der Waals surface area contributed by atoms with Crippen LogP contribution < -0.4 is 10.5 Å². The van der Waals surface area contributed by atoms with Gasteiger partial charge in [0.2, 0.25) is 0 Å². The van der Waals surface area contributed by atoms with Crippen molar-refractivity contribution in [3.05, 3.63) is 12.4 Å². The maximum atomic E-state index is 11.6. The monoisotopic (exact) mass is 192 g/mol. The lowest BCUT2D eigenvalue weighted by molar-refractivity contribution is -0.154. The van der Waals surface area contributed by atoms with Crippen molar-refractivity contribution in [1.29, 1.82) is 0 Å². The van der Waals surface area contributed by atoms with E-state index in [-0.39, 0.29) is 11.7 Å². The summed E-state index contributed by atoms with van der Waals surface area (Å²) in [5.41, 5.74) is 5.16. The first-order valence-corrected chi connectivity index (χ1v) is 3.17. The molecule has 1 aromatic rings. The van der Waals surface area contributed by atoms with E-state index in [1.165, 1.54) is 0 Å². The lowest BCUT2D eigenvalue weighted by Crippen LogP contribution is -2.20. The molecule has 0 spiro atoms. The maximum absolute atomic E-state index is 11.6. The molecule has 13 heavy (non-hydrogen) atoms. The van der Waals surface area contributed by atoms with Gasteiger partial charge >= 0.3 is 6.18 Å². The third kappa shape index (κ3) is 3.14. The molecular weight excluding hydrogens is 187 g/mol.